The molecule has 2 amide bonds. The van der Waals surface area contributed by atoms with Crippen molar-refractivity contribution in [3.63, 3.8) is 0 Å². The van der Waals surface area contributed by atoms with Gasteiger partial charge in [0.05, 0.1) is 25.1 Å². The molecule has 3 aliphatic heterocycles. The number of nitriles is 1. The minimum absolute atomic E-state index is 0.0387. The van der Waals surface area contributed by atoms with Crippen LogP contribution >= 0.6 is 0 Å². The maximum absolute atomic E-state index is 14.2. The molecule has 2 N–H and O–H groups in total. The number of amides is 2. The number of halogens is 1. The molecule has 10 heteroatoms. The highest BCUT2D eigenvalue weighted by atomic mass is 19.1. The summed E-state index contributed by atoms with van der Waals surface area (Å²) in [7, 11) is 0. The van der Waals surface area contributed by atoms with Crippen LogP contribution in [0.25, 0.3) is 0 Å². The highest BCUT2D eigenvalue weighted by molar-refractivity contribution is 6.00. The van der Waals surface area contributed by atoms with E-state index in [0.29, 0.717) is 23.2 Å². The number of fused-ring (bicyclic) bond motifs is 1. The fraction of sp³-hybridized carbons (Fsp3) is 0.737. The van der Waals surface area contributed by atoms with Crippen LogP contribution in [-0.4, -0.2) is 64.8 Å². The molecule has 0 spiro atoms. The van der Waals surface area contributed by atoms with Gasteiger partial charge in [0.2, 0.25) is 30.4 Å². The summed E-state index contributed by atoms with van der Waals surface area (Å²) in [5, 5.41) is 14.2. The van der Waals surface area contributed by atoms with Crippen LogP contribution in [0.4, 0.5) is 4.39 Å². The molecule has 3 heterocycles. The maximum atomic E-state index is 14.2. The zero-order valence-corrected chi connectivity index (χ0v) is 16.6. The number of piperidine rings is 2. The number of alkyl halides is 1. The van der Waals surface area contributed by atoms with Crippen LogP contribution in [-0.2, 0) is 9.59 Å². The summed E-state index contributed by atoms with van der Waals surface area (Å²) >= 11 is 0. The smallest absolute Gasteiger partial charge is 0.249 e. The molecule has 29 heavy (non-hydrogen) atoms. The lowest BCUT2D eigenvalue weighted by molar-refractivity contribution is -0.622. The Bertz CT molecular complexity index is 820. The fourth-order valence-corrected chi connectivity index (χ4v) is 4.44. The van der Waals surface area contributed by atoms with Gasteiger partial charge in [-0.1, -0.05) is 0 Å². The van der Waals surface area contributed by atoms with Crippen LogP contribution in [0.5, 0.6) is 0 Å². The number of nitroso groups, excluding NO2 is 2. The second-order valence-corrected chi connectivity index (χ2v) is 8.20. The lowest BCUT2D eigenvalue weighted by Crippen LogP contribution is -2.58. The Labute approximate surface area is 167 Å². The molecule has 6 atom stereocenters. The van der Waals surface area contributed by atoms with E-state index in [4.69, 9.17) is 5.26 Å². The van der Waals surface area contributed by atoms with E-state index in [1.54, 1.807) is 6.92 Å². The molecule has 2 fully saturated rings. The number of carbonyl (C=O) groups is 2. The first-order valence-corrected chi connectivity index (χ1v) is 9.93. The third-order valence-corrected chi connectivity index (χ3v) is 6.22. The summed E-state index contributed by atoms with van der Waals surface area (Å²) in [4.78, 5) is 49.3. The number of rotatable bonds is 4. The molecule has 3 rings (SSSR count). The average molecular weight is 407 g/mol. The monoisotopic (exact) mass is 407 g/mol. The summed E-state index contributed by atoms with van der Waals surface area (Å²) in [5.74, 6) is -1.54. The number of hydrogen-bond acceptors (Lipinski definition) is 5. The molecular formula is C19H26FN5O4+2. The number of nitrogens with zero attached hydrogens (tertiary/aromatic N) is 3. The largest absolute Gasteiger partial charge is 0.349 e. The number of nitrogens with one attached hydrogen (secondary N) is 2. The van der Waals surface area contributed by atoms with Crippen molar-refractivity contribution in [2.75, 3.05) is 13.1 Å². The van der Waals surface area contributed by atoms with Crippen molar-refractivity contribution in [1.29, 1.82) is 5.26 Å². The van der Waals surface area contributed by atoms with E-state index in [0.717, 1.165) is 4.76 Å². The Hall–Kier alpha value is -2.70. The van der Waals surface area contributed by atoms with Crippen LogP contribution in [0.2, 0.25) is 0 Å². The van der Waals surface area contributed by atoms with E-state index < -0.39 is 30.1 Å². The second-order valence-electron chi connectivity index (χ2n) is 8.20. The van der Waals surface area contributed by atoms with Gasteiger partial charge in [-0.25, -0.2) is 4.39 Å². The Kier molecular flexibility index (Phi) is 6.05. The Morgan fingerprint density at radius 3 is 2.76 bits per heavy atom. The van der Waals surface area contributed by atoms with Crippen LogP contribution in [0.3, 0.4) is 0 Å². The van der Waals surface area contributed by atoms with Gasteiger partial charge < -0.3 is 10.6 Å². The van der Waals surface area contributed by atoms with Crippen LogP contribution in [0.1, 0.15) is 39.5 Å². The molecule has 9 nitrogen and oxygen atoms in total. The molecule has 0 aromatic carbocycles. The van der Waals surface area contributed by atoms with Crippen molar-refractivity contribution in [3.8, 4) is 6.07 Å². The van der Waals surface area contributed by atoms with E-state index in [2.05, 4.69) is 10.6 Å². The molecule has 2 saturated heterocycles. The van der Waals surface area contributed by atoms with E-state index in [1.165, 1.54) is 0 Å². The molecule has 0 bridgehead atoms. The molecule has 0 aliphatic carbocycles. The summed E-state index contributed by atoms with van der Waals surface area (Å²) in [6.45, 7) is 3.24. The minimum atomic E-state index is -1.51. The topological polar surface area (TPSA) is 122 Å². The molecule has 0 aromatic rings. The van der Waals surface area contributed by atoms with Gasteiger partial charge in [0, 0.05) is 50.2 Å². The normalized spacial score (nSPS) is 34.9. The molecular weight excluding hydrogens is 381 g/mol. The van der Waals surface area contributed by atoms with E-state index in [-0.39, 0.29) is 49.5 Å². The first kappa shape index (κ1) is 21.0. The van der Waals surface area contributed by atoms with E-state index in [1.807, 2.05) is 13.0 Å². The first-order chi connectivity index (χ1) is 13.7. The maximum Gasteiger partial charge on any atom is 0.249 e. The predicted molar refractivity (Wildman–Crippen MR) is 99.3 cm³/mol. The SMILES string of the molecule is CC1=C(CC(=O)NCC2C(F)CC(C#N)C[N+]2=O)C(=O)NC2CCC(C)[N+](=O)C12. The van der Waals surface area contributed by atoms with Crippen LogP contribution in [0.15, 0.2) is 11.1 Å². The number of carbonyl (C=O) groups excluding carboxylic acids is 2. The second kappa shape index (κ2) is 8.35. The summed E-state index contributed by atoms with van der Waals surface area (Å²) in [5.41, 5.74) is 0.821. The van der Waals surface area contributed by atoms with Gasteiger partial charge in [0.25, 0.3) is 0 Å². The first-order valence-electron chi connectivity index (χ1n) is 9.93. The Morgan fingerprint density at radius 2 is 2.10 bits per heavy atom. The molecule has 156 valence electrons. The van der Waals surface area contributed by atoms with Gasteiger partial charge in [-0.2, -0.15) is 5.26 Å². The molecule has 0 saturated carbocycles. The molecule has 3 aliphatic rings. The lowest BCUT2D eigenvalue weighted by atomic mass is 9.83. The van der Waals surface area contributed by atoms with Crippen molar-refractivity contribution < 1.29 is 23.5 Å². The Morgan fingerprint density at radius 1 is 1.38 bits per heavy atom. The average Bonchev–Trinajstić information content (AvgIpc) is 2.67. The van der Waals surface area contributed by atoms with Gasteiger partial charge in [-0.3, -0.25) is 9.59 Å². The zero-order valence-electron chi connectivity index (χ0n) is 16.6. The van der Waals surface area contributed by atoms with Crippen LogP contribution in [0, 0.1) is 27.1 Å². The molecule has 0 aromatic heterocycles. The molecule has 6 unspecified atom stereocenters. The van der Waals surface area contributed by atoms with Crippen molar-refractivity contribution in [2.24, 2.45) is 5.92 Å². The summed E-state index contributed by atoms with van der Waals surface area (Å²) in [6, 6.07) is -0.0812. The highest BCUT2D eigenvalue weighted by Gasteiger charge is 2.49. The third kappa shape index (κ3) is 4.18. The van der Waals surface area contributed by atoms with E-state index >= 15 is 0 Å². The number of hydrogen-bond donors (Lipinski definition) is 2. The van der Waals surface area contributed by atoms with Crippen molar-refractivity contribution in [3.05, 3.63) is 21.0 Å². The standard InChI is InChI=1S/C19H24FN5O4/c1-10-3-4-15-18(25(10)29)11(2)13(19(27)23-15)6-17(26)22-8-16-14(20)5-12(7-21)9-24(16)28/h10,12,14-16,18H,3-6,8-9H2,1-2H3/p+2. The Balaban J connectivity index is 1.64. The van der Waals surface area contributed by atoms with Gasteiger partial charge in [-0.15, -0.1) is 0 Å². The lowest BCUT2D eigenvalue weighted by Gasteiger charge is -2.33. The van der Waals surface area contributed by atoms with Gasteiger partial charge in [0.15, 0.2) is 12.2 Å². The summed E-state index contributed by atoms with van der Waals surface area (Å²) in [6.07, 6.45) is -0.396. The molecule has 0 radical (unpaired) electrons. The third-order valence-electron chi connectivity index (χ3n) is 6.22. The summed E-state index contributed by atoms with van der Waals surface area (Å²) < 4.78 is 15.7. The van der Waals surface area contributed by atoms with Crippen molar-refractivity contribution >= 4 is 11.8 Å². The van der Waals surface area contributed by atoms with E-state index in [9.17, 15) is 23.8 Å². The van der Waals surface area contributed by atoms with Gasteiger partial charge in [0.1, 0.15) is 5.92 Å². The van der Waals surface area contributed by atoms with Crippen molar-refractivity contribution in [1.82, 2.24) is 10.6 Å². The predicted octanol–water partition coefficient (Wildman–Crippen LogP) is 0.666. The quantitative estimate of drug-likeness (QED) is 0.663. The van der Waals surface area contributed by atoms with Crippen molar-refractivity contribution in [2.45, 2.75) is 69.9 Å². The highest BCUT2D eigenvalue weighted by Crippen LogP contribution is 2.30. The zero-order chi connectivity index (χ0) is 21.3. The van der Waals surface area contributed by atoms with Crippen LogP contribution < -0.4 is 10.6 Å². The fourth-order valence-electron chi connectivity index (χ4n) is 4.44. The van der Waals surface area contributed by atoms with Gasteiger partial charge in [-0.05, 0) is 13.3 Å². The minimum Gasteiger partial charge on any atom is -0.349 e. The van der Waals surface area contributed by atoms with Gasteiger partial charge >= 0.3 is 0 Å².